The number of ether oxygens (including phenoxy) is 1. The van der Waals surface area contributed by atoms with Crippen molar-refractivity contribution in [3.05, 3.63) is 23.8 Å². The van der Waals surface area contributed by atoms with Crippen LogP contribution < -0.4 is 4.74 Å². The molecule has 3 heteroatoms. The van der Waals surface area contributed by atoms with Crippen LogP contribution >= 0.6 is 0 Å². The summed E-state index contributed by atoms with van der Waals surface area (Å²) < 4.78 is 4.95. The quantitative estimate of drug-likeness (QED) is 0.778. The van der Waals surface area contributed by atoms with Crippen LogP contribution in [0.5, 0.6) is 11.5 Å². The molecule has 0 saturated carbocycles. The summed E-state index contributed by atoms with van der Waals surface area (Å²) >= 11 is 0. The Morgan fingerprint density at radius 1 is 1.29 bits per heavy atom. The third kappa shape index (κ3) is 2.17. The Hall–Kier alpha value is -1.22. The highest BCUT2D eigenvalue weighted by molar-refractivity contribution is 5.42. The molecule has 1 aromatic rings. The molecule has 1 atom stereocenters. The fourth-order valence-electron chi connectivity index (χ4n) is 1.26. The molecule has 0 aliphatic rings. The molecule has 3 nitrogen and oxygen atoms in total. The summed E-state index contributed by atoms with van der Waals surface area (Å²) in [4.78, 5) is 0. The number of hydrogen-bond donors (Lipinski definition) is 2. The largest absolute Gasteiger partial charge is 0.504 e. The SMILES string of the molecule is COc1cc(C(O)C(C)C)ccc1O. The predicted molar refractivity (Wildman–Crippen MR) is 54.5 cm³/mol. The second-order valence-corrected chi connectivity index (χ2v) is 3.62. The van der Waals surface area contributed by atoms with Gasteiger partial charge in [-0.25, -0.2) is 0 Å². The Labute approximate surface area is 84.0 Å². The van der Waals surface area contributed by atoms with Gasteiger partial charge in [-0.3, -0.25) is 0 Å². The molecule has 0 aliphatic heterocycles. The van der Waals surface area contributed by atoms with Crippen molar-refractivity contribution >= 4 is 0 Å². The Kier molecular flexibility index (Phi) is 3.36. The number of methoxy groups -OCH3 is 1. The fraction of sp³-hybridized carbons (Fsp3) is 0.455. The van der Waals surface area contributed by atoms with Crippen molar-refractivity contribution < 1.29 is 14.9 Å². The van der Waals surface area contributed by atoms with Crippen molar-refractivity contribution in [2.24, 2.45) is 5.92 Å². The maximum Gasteiger partial charge on any atom is 0.160 e. The summed E-state index contributed by atoms with van der Waals surface area (Å²) in [7, 11) is 1.49. The van der Waals surface area contributed by atoms with Gasteiger partial charge in [-0.05, 0) is 23.6 Å². The van der Waals surface area contributed by atoms with E-state index in [1.807, 2.05) is 13.8 Å². The van der Waals surface area contributed by atoms with E-state index < -0.39 is 6.10 Å². The van der Waals surface area contributed by atoms with Crippen LogP contribution in [0.1, 0.15) is 25.5 Å². The van der Waals surface area contributed by atoms with Gasteiger partial charge in [0.05, 0.1) is 13.2 Å². The average molecular weight is 196 g/mol. The van der Waals surface area contributed by atoms with E-state index in [-0.39, 0.29) is 11.7 Å². The highest BCUT2D eigenvalue weighted by Crippen LogP contribution is 2.31. The molecule has 14 heavy (non-hydrogen) atoms. The zero-order chi connectivity index (χ0) is 10.7. The number of phenols is 1. The van der Waals surface area contributed by atoms with Crippen LogP contribution in [0.2, 0.25) is 0 Å². The van der Waals surface area contributed by atoms with Crippen LogP contribution in [-0.2, 0) is 0 Å². The van der Waals surface area contributed by atoms with E-state index in [2.05, 4.69) is 0 Å². The molecule has 0 spiro atoms. The van der Waals surface area contributed by atoms with Crippen LogP contribution in [0, 0.1) is 5.92 Å². The fourth-order valence-corrected chi connectivity index (χ4v) is 1.26. The van der Waals surface area contributed by atoms with E-state index in [0.29, 0.717) is 5.75 Å². The first-order valence-electron chi connectivity index (χ1n) is 4.61. The molecular weight excluding hydrogens is 180 g/mol. The second kappa shape index (κ2) is 4.33. The van der Waals surface area contributed by atoms with Gasteiger partial charge in [0.15, 0.2) is 11.5 Å². The standard InChI is InChI=1S/C11H16O3/c1-7(2)11(13)8-4-5-9(12)10(6-8)14-3/h4-7,11-13H,1-3H3. The summed E-state index contributed by atoms with van der Waals surface area (Å²) in [6.07, 6.45) is -0.524. The number of hydrogen-bond acceptors (Lipinski definition) is 3. The number of aliphatic hydroxyl groups excluding tert-OH is 1. The first-order valence-corrected chi connectivity index (χ1v) is 4.61. The molecule has 78 valence electrons. The van der Waals surface area contributed by atoms with Crippen LogP contribution in [0.15, 0.2) is 18.2 Å². The highest BCUT2D eigenvalue weighted by atomic mass is 16.5. The van der Waals surface area contributed by atoms with E-state index in [0.717, 1.165) is 5.56 Å². The van der Waals surface area contributed by atoms with Crippen molar-refractivity contribution in [1.29, 1.82) is 0 Å². The Morgan fingerprint density at radius 2 is 1.93 bits per heavy atom. The van der Waals surface area contributed by atoms with E-state index in [1.165, 1.54) is 13.2 Å². The molecule has 1 unspecified atom stereocenters. The number of aliphatic hydroxyl groups is 1. The number of aromatic hydroxyl groups is 1. The summed E-state index contributed by atoms with van der Waals surface area (Å²) in [6, 6.07) is 4.88. The van der Waals surface area contributed by atoms with Gasteiger partial charge in [0.1, 0.15) is 0 Å². The monoisotopic (exact) mass is 196 g/mol. The van der Waals surface area contributed by atoms with Gasteiger partial charge < -0.3 is 14.9 Å². The van der Waals surface area contributed by atoms with E-state index >= 15 is 0 Å². The highest BCUT2D eigenvalue weighted by Gasteiger charge is 2.13. The van der Waals surface area contributed by atoms with Gasteiger partial charge in [-0.15, -0.1) is 0 Å². The van der Waals surface area contributed by atoms with Gasteiger partial charge in [-0.2, -0.15) is 0 Å². The van der Waals surface area contributed by atoms with E-state index in [4.69, 9.17) is 4.74 Å². The van der Waals surface area contributed by atoms with Crippen molar-refractivity contribution in [3.8, 4) is 11.5 Å². The van der Waals surface area contributed by atoms with Gasteiger partial charge in [0.25, 0.3) is 0 Å². The zero-order valence-electron chi connectivity index (χ0n) is 8.69. The lowest BCUT2D eigenvalue weighted by Gasteiger charge is -2.15. The Bertz CT molecular complexity index is 307. The topological polar surface area (TPSA) is 49.7 Å². The Morgan fingerprint density at radius 3 is 2.43 bits per heavy atom. The van der Waals surface area contributed by atoms with Gasteiger partial charge in [0, 0.05) is 0 Å². The molecule has 0 aliphatic carbocycles. The minimum absolute atomic E-state index is 0.0900. The molecule has 0 aromatic heterocycles. The first kappa shape index (κ1) is 10.9. The summed E-state index contributed by atoms with van der Waals surface area (Å²) in [5.41, 5.74) is 0.759. The molecule has 0 amide bonds. The van der Waals surface area contributed by atoms with Gasteiger partial charge in [-0.1, -0.05) is 19.9 Å². The minimum atomic E-state index is -0.524. The summed E-state index contributed by atoms with van der Waals surface area (Å²) in [5.74, 6) is 0.624. The molecule has 1 rings (SSSR count). The molecular formula is C11H16O3. The van der Waals surface area contributed by atoms with Crippen molar-refractivity contribution in [1.82, 2.24) is 0 Å². The van der Waals surface area contributed by atoms with Crippen molar-refractivity contribution in [2.75, 3.05) is 7.11 Å². The number of rotatable bonds is 3. The predicted octanol–water partition coefficient (Wildman–Crippen LogP) is 2.09. The second-order valence-electron chi connectivity index (χ2n) is 3.62. The third-order valence-electron chi connectivity index (χ3n) is 2.18. The molecule has 0 fully saturated rings. The van der Waals surface area contributed by atoms with Crippen molar-refractivity contribution in [3.63, 3.8) is 0 Å². The first-order chi connectivity index (χ1) is 6.56. The molecule has 1 aromatic carbocycles. The molecule has 0 radical (unpaired) electrons. The number of benzene rings is 1. The molecule has 2 N–H and O–H groups in total. The lowest BCUT2D eigenvalue weighted by Crippen LogP contribution is -2.05. The third-order valence-corrected chi connectivity index (χ3v) is 2.18. The van der Waals surface area contributed by atoms with Gasteiger partial charge >= 0.3 is 0 Å². The number of phenolic OH excluding ortho intramolecular Hbond substituents is 1. The van der Waals surface area contributed by atoms with E-state index in [9.17, 15) is 10.2 Å². The molecule has 0 heterocycles. The van der Waals surface area contributed by atoms with Crippen LogP contribution in [-0.4, -0.2) is 17.3 Å². The Balaban J connectivity index is 3.00. The van der Waals surface area contributed by atoms with Crippen LogP contribution in [0.3, 0.4) is 0 Å². The lowest BCUT2D eigenvalue weighted by atomic mass is 9.99. The van der Waals surface area contributed by atoms with Crippen LogP contribution in [0.4, 0.5) is 0 Å². The normalized spacial score (nSPS) is 12.9. The summed E-state index contributed by atoms with van der Waals surface area (Å²) in [5, 5.41) is 19.1. The summed E-state index contributed by atoms with van der Waals surface area (Å²) in [6.45, 7) is 3.87. The molecule has 0 saturated heterocycles. The maximum absolute atomic E-state index is 9.77. The average Bonchev–Trinajstić information content (AvgIpc) is 2.17. The minimum Gasteiger partial charge on any atom is -0.504 e. The molecule has 0 bridgehead atoms. The van der Waals surface area contributed by atoms with Crippen LogP contribution in [0.25, 0.3) is 0 Å². The smallest absolute Gasteiger partial charge is 0.160 e. The maximum atomic E-state index is 9.77. The van der Waals surface area contributed by atoms with Gasteiger partial charge in [0.2, 0.25) is 0 Å². The van der Waals surface area contributed by atoms with Crippen molar-refractivity contribution in [2.45, 2.75) is 20.0 Å². The lowest BCUT2D eigenvalue weighted by molar-refractivity contribution is 0.126. The van der Waals surface area contributed by atoms with E-state index in [1.54, 1.807) is 12.1 Å². The zero-order valence-corrected chi connectivity index (χ0v) is 8.69.